The number of hydrogen-bond acceptors (Lipinski definition) is 2. The maximum Gasteiger partial charge on any atom is 0.133 e. The maximum absolute atomic E-state index is 5.63. The minimum Gasteiger partial charge on any atom is -0.234 e. The molecule has 52 valence electrons. The molecule has 0 aliphatic rings. The Labute approximate surface area is 64.6 Å². The van der Waals surface area contributed by atoms with E-state index in [0.717, 1.165) is 5.69 Å². The molecule has 0 saturated heterocycles. The Balaban J connectivity index is 3.18. The summed E-state index contributed by atoms with van der Waals surface area (Å²) < 4.78 is 0. The van der Waals surface area contributed by atoms with Crippen LogP contribution in [0.4, 0.5) is 0 Å². The summed E-state index contributed by atoms with van der Waals surface area (Å²) in [7, 11) is 0. The molecule has 0 aromatic carbocycles. The predicted octanol–water partition coefficient (Wildman–Crippen LogP) is 2.08. The van der Waals surface area contributed by atoms with E-state index in [-0.39, 0.29) is 0 Å². The molecule has 3 heteroatoms. The zero-order valence-corrected chi connectivity index (χ0v) is 6.39. The molecule has 0 N–H and O–H groups in total. The summed E-state index contributed by atoms with van der Waals surface area (Å²) >= 11 is 5.63. The molecule has 1 heterocycles. The van der Waals surface area contributed by atoms with E-state index >= 15 is 0 Å². The molecular formula is C7H7ClN2. The van der Waals surface area contributed by atoms with Crippen LogP contribution in [0.2, 0.25) is 5.15 Å². The van der Waals surface area contributed by atoms with Gasteiger partial charge in [-0.15, -0.1) is 0 Å². The van der Waals surface area contributed by atoms with Crippen molar-refractivity contribution >= 4 is 17.7 Å². The highest BCUT2D eigenvalue weighted by Crippen LogP contribution is 2.06. The maximum atomic E-state index is 5.63. The average Bonchev–Trinajstić information content (AvgIpc) is 1.85. The Morgan fingerprint density at radius 3 is 2.80 bits per heavy atom. The van der Waals surface area contributed by atoms with Gasteiger partial charge in [0.15, 0.2) is 0 Å². The van der Waals surface area contributed by atoms with Crippen molar-refractivity contribution in [2.75, 3.05) is 0 Å². The first-order valence-corrected chi connectivity index (χ1v) is 3.24. The van der Waals surface area contributed by atoms with Crippen LogP contribution >= 0.6 is 11.6 Å². The van der Waals surface area contributed by atoms with Gasteiger partial charge in [0.05, 0.1) is 5.69 Å². The normalized spacial score (nSPS) is 9.40. The molecule has 0 aliphatic carbocycles. The van der Waals surface area contributed by atoms with Crippen molar-refractivity contribution in [3.8, 4) is 0 Å². The number of aryl methyl sites for hydroxylation is 1. The van der Waals surface area contributed by atoms with Gasteiger partial charge in [-0.2, -0.15) is 0 Å². The second-order valence-corrected chi connectivity index (χ2v) is 2.25. The van der Waals surface area contributed by atoms with Crippen molar-refractivity contribution in [2.45, 2.75) is 6.92 Å². The largest absolute Gasteiger partial charge is 0.234 e. The van der Waals surface area contributed by atoms with Gasteiger partial charge in [-0.05, 0) is 13.0 Å². The number of hydrogen-bond donors (Lipinski definition) is 0. The lowest BCUT2D eigenvalue weighted by molar-refractivity contribution is 1.04. The fourth-order valence-electron chi connectivity index (χ4n) is 0.658. The number of rotatable bonds is 1. The molecule has 0 spiro atoms. The standard InChI is InChI=1S/C7H7ClN2/c1-3-6-4-7(8)10-5(2)9-6/h3-4H,1H2,2H3. The molecule has 0 bridgehead atoms. The van der Waals surface area contributed by atoms with Crippen molar-refractivity contribution in [3.05, 3.63) is 29.3 Å². The van der Waals surface area contributed by atoms with Crippen LogP contribution < -0.4 is 0 Å². The van der Waals surface area contributed by atoms with Gasteiger partial charge in [-0.1, -0.05) is 18.2 Å². The van der Waals surface area contributed by atoms with Gasteiger partial charge < -0.3 is 0 Å². The Kier molecular flexibility index (Phi) is 2.02. The number of halogens is 1. The van der Waals surface area contributed by atoms with Crippen molar-refractivity contribution in [1.82, 2.24) is 9.97 Å². The van der Waals surface area contributed by atoms with Gasteiger partial charge in [-0.25, -0.2) is 9.97 Å². The van der Waals surface area contributed by atoms with E-state index in [4.69, 9.17) is 11.6 Å². The van der Waals surface area contributed by atoms with Crippen molar-refractivity contribution < 1.29 is 0 Å². The van der Waals surface area contributed by atoms with E-state index in [1.54, 1.807) is 19.1 Å². The van der Waals surface area contributed by atoms with Gasteiger partial charge in [0, 0.05) is 6.07 Å². The Morgan fingerprint density at radius 1 is 1.60 bits per heavy atom. The highest BCUT2D eigenvalue weighted by Gasteiger charge is 1.93. The van der Waals surface area contributed by atoms with E-state index < -0.39 is 0 Å². The summed E-state index contributed by atoms with van der Waals surface area (Å²) in [4.78, 5) is 7.93. The summed E-state index contributed by atoms with van der Waals surface area (Å²) in [5.41, 5.74) is 0.762. The third kappa shape index (κ3) is 1.54. The third-order valence-electron chi connectivity index (χ3n) is 1.04. The molecule has 0 unspecified atom stereocenters. The molecule has 0 amide bonds. The summed E-state index contributed by atoms with van der Waals surface area (Å²) in [6, 6.07) is 1.67. The quantitative estimate of drug-likeness (QED) is 0.579. The number of nitrogens with zero attached hydrogens (tertiary/aromatic N) is 2. The molecule has 0 aliphatic heterocycles. The predicted molar refractivity (Wildman–Crippen MR) is 41.9 cm³/mol. The smallest absolute Gasteiger partial charge is 0.133 e. The summed E-state index contributed by atoms with van der Waals surface area (Å²) in [6.07, 6.45) is 1.64. The fraction of sp³-hybridized carbons (Fsp3) is 0.143. The first-order valence-electron chi connectivity index (χ1n) is 2.86. The van der Waals surface area contributed by atoms with Crippen LogP contribution in [0.5, 0.6) is 0 Å². The Bertz CT molecular complexity index is 238. The molecule has 1 rings (SSSR count). The van der Waals surface area contributed by atoms with Gasteiger partial charge in [0.25, 0.3) is 0 Å². The summed E-state index contributed by atoms with van der Waals surface area (Å²) in [6.45, 7) is 5.35. The molecule has 0 atom stereocenters. The molecular weight excluding hydrogens is 148 g/mol. The SMILES string of the molecule is C=Cc1cc(Cl)nc(C)n1. The highest BCUT2D eigenvalue weighted by molar-refractivity contribution is 6.29. The number of aromatic nitrogens is 2. The second kappa shape index (κ2) is 2.80. The fourth-order valence-corrected chi connectivity index (χ4v) is 0.892. The lowest BCUT2D eigenvalue weighted by atomic mass is 10.4. The lowest BCUT2D eigenvalue weighted by Gasteiger charge is -1.94. The van der Waals surface area contributed by atoms with Gasteiger partial charge in [-0.3, -0.25) is 0 Å². The van der Waals surface area contributed by atoms with Crippen LogP contribution in [-0.4, -0.2) is 9.97 Å². The van der Waals surface area contributed by atoms with E-state index in [1.807, 2.05) is 0 Å². The van der Waals surface area contributed by atoms with Crippen molar-refractivity contribution in [1.29, 1.82) is 0 Å². The molecule has 10 heavy (non-hydrogen) atoms. The van der Waals surface area contributed by atoms with Crippen LogP contribution in [0.1, 0.15) is 11.5 Å². The van der Waals surface area contributed by atoms with Crippen LogP contribution in [-0.2, 0) is 0 Å². The first kappa shape index (κ1) is 7.22. The topological polar surface area (TPSA) is 25.8 Å². The van der Waals surface area contributed by atoms with E-state index in [0.29, 0.717) is 11.0 Å². The monoisotopic (exact) mass is 154 g/mol. The molecule has 1 aromatic heterocycles. The van der Waals surface area contributed by atoms with Gasteiger partial charge in [0.2, 0.25) is 0 Å². The van der Waals surface area contributed by atoms with E-state index in [9.17, 15) is 0 Å². The van der Waals surface area contributed by atoms with Crippen LogP contribution in [0.25, 0.3) is 6.08 Å². The van der Waals surface area contributed by atoms with Crippen molar-refractivity contribution in [3.63, 3.8) is 0 Å². The van der Waals surface area contributed by atoms with E-state index in [2.05, 4.69) is 16.5 Å². The highest BCUT2D eigenvalue weighted by atomic mass is 35.5. The van der Waals surface area contributed by atoms with Crippen LogP contribution in [0.15, 0.2) is 12.6 Å². The average molecular weight is 155 g/mol. The molecule has 2 nitrogen and oxygen atoms in total. The summed E-state index contributed by atoms with van der Waals surface area (Å²) in [5.74, 6) is 0.669. The molecule has 0 radical (unpaired) electrons. The second-order valence-electron chi connectivity index (χ2n) is 1.87. The minimum atomic E-state index is 0.461. The van der Waals surface area contributed by atoms with Gasteiger partial charge in [0.1, 0.15) is 11.0 Å². The molecule has 0 fully saturated rings. The zero-order valence-electron chi connectivity index (χ0n) is 5.63. The Hall–Kier alpha value is -0.890. The third-order valence-corrected chi connectivity index (χ3v) is 1.23. The lowest BCUT2D eigenvalue weighted by Crippen LogP contribution is -1.89. The van der Waals surface area contributed by atoms with Crippen LogP contribution in [0.3, 0.4) is 0 Å². The minimum absolute atomic E-state index is 0.461. The first-order chi connectivity index (χ1) is 4.72. The van der Waals surface area contributed by atoms with Crippen molar-refractivity contribution in [2.24, 2.45) is 0 Å². The summed E-state index contributed by atoms with van der Waals surface area (Å²) in [5, 5.41) is 0.461. The van der Waals surface area contributed by atoms with Crippen LogP contribution in [0, 0.1) is 6.92 Å². The van der Waals surface area contributed by atoms with Gasteiger partial charge >= 0.3 is 0 Å². The van der Waals surface area contributed by atoms with E-state index in [1.165, 1.54) is 0 Å². The zero-order chi connectivity index (χ0) is 7.56. The molecule has 1 aromatic rings. The Morgan fingerprint density at radius 2 is 2.30 bits per heavy atom. The molecule has 0 saturated carbocycles.